The van der Waals surface area contributed by atoms with E-state index in [-0.39, 0.29) is 6.04 Å². The van der Waals surface area contributed by atoms with Crippen molar-refractivity contribution >= 4 is 5.97 Å². The lowest BCUT2D eigenvalue weighted by Gasteiger charge is -2.37. The van der Waals surface area contributed by atoms with Crippen molar-refractivity contribution < 1.29 is 9.90 Å². The van der Waals surface area contributed by atoms with Crippen LogP contribution in [0.15, 0.2) is 24.3 Å². The Morgan fingerprint density at radius 3 is 2.58 bits per heavy atom. The van der Waals surface area contributed by atoms with Crippen LogP contribution in [-0.2, 0) is 4.79 Å². The van der Waals surface area contributed by atoms with E-state index < -0.39 is 11.5 Å². The second-order valence-electron chi connectivity index (χ2n) is 5.71. The highest BCUT2D eigenvalue weighted by molar-refractivity contribution is 5.78. The molecule has 1 aromatic rings. The maximum Gasteiger partial charge on any atom is 0.323 e. The number of nitrogens with zero attached hydrogens (tertiary/aromatic N) is 1. The van der Waals surface area contributed by atoms with Crippen LogP contribution in [0.1, 0.15) is 50.3 Å². The van der Waals surface area contributed by atoms with Crippen LogP contribution >= 0.6 is 0 Å². The fraction of sp³-hybridized carbons (Fsp3) is 0.562. The molecule has 1 aliphatic rings. The van der Waals surface area contributed by atoms with Crippen LogP contribution in [0.2, 0.25) is 0 Å². The molecule has 1 saturated heterocycles. The number of hydrogen-bond acceptors (Lipinski definition) is 2. The van der Waals surface area contributed by atoms with E-state index in [1.165, 1.54) is 11.1 Å². The molecule has 0 radical (unpaired) electrons. The van der Waals surface area contributed by atoms with Gasteiger partial charge in [-0.3, -0.25) is 9.69 Å². The standard InChI is InChI=1S/C16H23NO2/c1-4-14(13-8-6-12(2)7-9-13)17-11-5-10-16(17,3)15(18)19/h6-9,14H,4-5,10-11H2,1-3H3,(H,18,19). The molecule has 0 amide bonds. The minimum Gasteiger partial charge on any atom is -0.480 e. The Bertz CT molecular complexity index is 454. The Labute approximate surface area is 115 Å². The summed E-state index contributed by atoms with van der Waals surface area (Å²) in [6, 6.07) is 8.66. The molecular formula is C16H23NO2. The second-order valence-corrected chi connectivity index (χ2v) is 5.71. The zero-order valence-corrected chi connectivity index (χ0v) is 12.0. The first kappa shape index (κ1) is 14.1. The van der Waals surface area contributed by atoms with E-state index in [2.05, 4.69) is 43.0 Å². The van der Waals surface area contributed by atoms with Crippen molar-refractivity contribution in [2.45, 2.75) is 51.6 Å². The van der Waals surface area contributed by atoms with E-state index in [9.17, 15) is 9.90 Å². The number of carboxylic acid groups (broad SMARTS) is 1. The van der Waals surface area contributed by atoms with Gasteiger partial charge in [0.15, 0.2) is 0 Å². The molecule has 0 aliphatic carbocycles. The first-order valence-corrected chi connectivity index (χ1v) is 7.05. The fourth-order valence-electron chi connectivity index (χ4n) is 3.14. The van der Waals surface area contributed by atoms with Crippen LogP contribution < -0.4 is 0 Å². The maximum atomic E-state index is 11.6. The molecule has 3 heteroatoms. The summed E-state index contributed by atoms with van der Waals surface area (Å²) in [5.41, 5.74) is 1.74. The van der Waals surface area contributed by atoms with Crippen molar-refractivity contribution in [1.29, 1.82) is 0 Å². The Morgan fingerprint density at radius 1 is 1.42 bits per heavy atom. The molecule has 104 valence electrons. The summed E-state index contributed by atoms with van der Waals surface area (Å²) in [4.78, 5) is 13.8. The molecule has 0 spiro atoms. The molecule has 2 unspecified atom stereocenters. The molecule has 1 aliphatic heterocycles. The van der Waals surface area contributed by atoms with Gasteiger partial charge >= 0.3 is 5.97 Å². The van der Waals surface area contributed by atoms with Gasteiger partial charge in [-0.15, -0.1) is 0 Å². The number of benzene rings is 1. The van der Waals surface area contributed by atoms with Crippen LogP contribution in [0.3, 0.4) is 0 Å². The van der Waals surface area contributed by atoms with E-state index in [1.54, 1.807) is 0 Å². The number of carboxylic acids is 1. The third-order valence-electron chi connectivity index (χ3n) is 4.38. The second kappa shape index (κ2) is 5.33. The first-order chi connectivity index (χ1) is 8.99. The lowest BCUT2D eigenvalue weighted by atomic mass is 9.94. The fourth-order valence-corrected chi connectivity index (χ4v) is 3.14. The third-order valence-corrected chi connectivity index (χ3v) is 4.38. The predicted octanol–water partition coefficient (Wildman–Crippen LogP) is 3.39. The number of rotatable bonds is 4. The van der Waals surface area contributed by atoms with Crippen molar-refractivity contribution in [3.8, 4) is 0 Å². The summed E-state index contributed by atoms with van der Waals surface area (Å²) in [5, 5.41) is 9.54. The predicted molar refractivity (Wildman–Crippen MR) is 76.2 cm³/mol. The molecule has 1 heterocycles. The van der Waals surface area contributed by atoms with Crippen LogP contribution in [0.25, 0.3) is 0 Å². The third kappa shape index (κ3) is 2.52. The van der Waals surface area contributed by atoms with Gasteiger partial charge in [-0.25, -0.2) is 0 Å². The lowest BCUT2D eigenvalue weighted by molar-refractivity contribution is -0.150. The van der Waals surface area contributed by atoms with Gasteiger partial charge in [0.1, 0.15) is 5.54 Å². The van der Waals surface area contributed by atoms with Crippen molar-refractivity contribution in [3.05, 3.63) is 35.4 Å². The van der Waals surface area contributed by atoms with E-state index in [1.807, 2.05) is 6.92 Å². The molecule has 0 bridgehead atoms. The van der Waals surface area contributed by atoms with Gasteiger partial charge in [0.2, 0.25) is 0 Å². The average molecular weight is 261 g/mol. The molecule has 2 atom stereocenters. The number of aryl methyl sites for hydroxylation is 1. The van der Waals surface area contributed by atoms with Crippen LogP contribution in [0, 0.1) is 6.92 Å². The summed E-state index contributed by atoms with van der Waals surface area (Å²) in [6.45, 7) is 6.93. The average Bonchev–Trinajstić information content (AvgIpc) is 2.77. The highest BCUT2D eigenvalue weighted by Gasteiger charge is 2.46. The zero-order valence-electron chi connectivity index (χ0n) is 12.0. The van der Waals surface area contributed by atoms with E-state index >= 15 is 0 Å². The smallest absolute Gasteiger partial charge is 0.323 e. The first-order valence-electron chi connectivity index (χ1n) is 7.05. The normalized spacial score (nSPS) is 25.4. The SMILES string of the molecule is CCC(c1ccc(C)cc1)N1CCCC1(C)C(=O)O. The van der Waals surface area contributed by atoms with Crippen LogP contribution in [0.4, 0.5) is 0 Å². The van der Waals surface area contributed by atoms with Crippen molar-refractivity contribution in [1.82, 2.24) is 4.90 Å². The minimum absolute atomic E-state index is 0.198. The molecule has 1 fully saturated rings. The minimum atomic E-state index is -0.717. The Morgan fingerprint density at radius 2 is 2.05 bits per heavy atom. The molecule has 1 N–H and O–H groups in total. The number of aliphatic carboxylic acids is 1. The van der Waals surface area contributed by atoms with Gasteiger partial charge in [0.05, 0.1) is 0 Å². The van der Waals surface area contributed by atoms with Crippen LogP contribution in [-0.4, -0.2) is 28.1 Å². The van der Waals surface area contributed by atoms with Crippen molar-refractivity contribution in [2.75, 3.05) is 6.54 Å². The molecule has 3 nitrogen and oxygen atoms in total. The van der Waals surface area contributed by atoms with Gasteiger partial charge in [-0.1, -0.05) is 36.8 Å². The van der Waals surface area contributed by atoms with Gasteiger partial charge in [-0.2, -0.15) is 0 Å². The summed E-state index contributed by atoms with van der Waals surface area (Å²) in [6.07, 6.45) is 2.64. The van der Waals surface area contributed by atoms with E-state index in [0.29, 0.717) is 0 Å². The van der Waals surface area contributed by atoms with Crippen molar-refractivity contribution in [2.24, 2.45) is 0 Å². The summed E-state index contributed by atoms with van der Waals surface area (Å²) >= 11 is 0. The summed E-state index contributed by atoms with van der Waals surface area (Å²) in [7, 11) is 0. The van der Waals surface area contributed by atoms with Gasteiger partial charge in [0.25, 0.3) is 0 Å². The Balaban J connectivity index is 2.31. The van der Waals surface area contributed by atoms with E-state index in [0.717, 1.165) is 25.8 Å². The number of likely N-dealkylation sites (tertiary alicyclic amines) is 1. The molecule has 0 saturated carbocycles. The molecule has 1 aromatic carbocycles. The summed E-state index contributed by atoms with van der Waals surface area (Å²) in [5.74, 6) is -0.699. The van der Waals surface area contributed by atoms with E-state index in [4.69, 9.17) is 0 Å². The van der Waals surface area contributed by atoms with Gasteiger partial charge in [0, 0.05) is 6.04 Å². The van der Waals surface area contributed by atoms with Crippen LogP contribution in [0.5, 0.6) is 0 Å². The zero-order chi connectivity index (χ0) is 14.0. The molecule has 2 rings (SSSR count). The monoisotopic (exact) mass is 261 g/mol. The van der Waals surface area contributed by atoms with Crippen molar-refractivity contribution in [3.63, 3.8) is 0 Å². The Hall–Kier alpha value is -1.35. The number of hydrogen-bond donors (Lipinski definition) is 1. The maximum absolute atomic E-state index is 11.6. The lowest BCUT2D eigenvalue weighted by Crippen LogP contribution is -2.49. The van der Waals surface area contributed by atoms with Gasteiger partial charge < -0.3 is 5.11 Å². The molecular weight excluding hydrogens is 238 g/mol. The topological polar surface area (TPSA) is 40.5 Å². The Kier molecular flexibility index (Phi) is 3.95. The quantitative estimate of drug-likeness (QED) is 0.903. The summed E-state index contributed by atoms with van der Waals surface area (Å²) < 4.78 is 0. The largest absolute Gasteiger partial charge is 0.480 e. The molecule has 0 aromatic heterocycles. The van der Waals surface area contributed by atoms with Gasteiger partial charge in [-0.05, 0) is 45.2 Å². The highest BCUT2D eigenvalue weighted by atomic mass is 16.4. The molecule has 19 heavy (non-hydrogen) atoms. The number of carbonyl (C=O) groups is 1. The highest BCUT2D eigenvalue weighted by Crippen LogP contribution is 2.38.